The van der Waals surface area contributed by atoms with Crippen molar-refractivity contribution in [3.05, 3.63) is 35.8 Å². The molecule has 1 aromatic heterocycles. The first-order valence-electron chi connectivity index (χ1n) is 11.7. The third-order valence-corrected chi connectivity index (χ3v) is 6.66. The molecular weight excluding hydrogens is 442 g/mol. The highest BCUT2D eigenvalue weighted by Crippen LogP contribution is 2.30. The Labute approximate surface area is 200 Å². The topological polar surface area (TPSA) is 96.9 Å². The van der Waals surface area contributed by atoms with Crippen LogP contribution in [-0.2, 0) is 14.3 Å². The second-order valence-electron chi connectivity index (χ2n) is 9.56. The molecule has 0 radical (unpaired) electrons. The van der Waals surface area contributed by atoms with E-state index in [1.807, 2.05) is 24.3 Å². The zero-order chi connectivity index (χ0) is 23.3. The standard InChI is InChI=1S/C24H34ClN5O3/c1-24(2)11-16(6-8-33-24)12-27-21-5-3-4-20(29-21)18-10-22(28-14-19(18)25)30-23(31)17-13-26-7-9-32-15-17/h3-5,10,14,16-19,26H,6-9,11-13,15H2,1-2H3,(H,27,29)(H,30,31). The van der Waals surface area contributed by atoms with Gasteiger partial charge < -0.3 is 25.4 Å². The SMILES string of the molecule is CC1(C)CC(CNc2cccc(C3C=C(NC(=O)C4CNCCOC4)N=CC3Cl)n2)CCO1. The lowest BCUT2D eigenvalue weighted by molar-refractivity contribution is -0.125. The predicted octanol–water partition coefficient (Wildman–Crippen LogP) is 2.67. The van der Waals surface area contributed by atoms with Crippen LogP contribution in [0.3, 0.4) is 0 Å². The quantitative estimate of drug-likeness (QED) is 0.547. The lowest BCUT2D eigenvalue weighted by atomic mass is 9.88. The van der Waals surface area contributed by atoms with Crippen LogP contribution in [0.15, 0.2) is 35.1 Å². The van der Waals surface area contributed by atoms with E-state index in [9.17, 15) is 4.79 Å². The van der Waals surface area contributed by atoms with Crippen LogP contribution < -0.4 is 16.0 Å². The van der Waals surface area contributed by atoms with Crippen LogP contribution in [0.25, 0.3) is 0 Å². The van der Waals surface area contributed by atoms with E-state index in [1.165, 1.54) is 0 Å². The number of carbonyl (C=O) groups is 1. The number of pyridine rings is 1. The molecule has 4 heterocycles. The van der Waals surface area contributed by atoms with Gasteiger partial charge in [0.1, 0.15) is 11.6 Å². The van der Waals surface area contributed by atoms with Crippen LogP contribution in [0.5, 0.6) is 0 Å². The first kappa shape index (κ1) is 24.1. The van der Waals surface area contributed by atoms with Crippen molar-refractivity contribution in [1.29, 1.82) is 0 Å². The van der Waals surface area contributed by atoms with Crippen molar-refractivity contribution < 1.29 is 14.3 Å². The average molecular weight is 476 g/mol. The number of nitrogens with zero attached hydrogens (tertiary/aromatic N) is 2. The van der Waals surface area contributed by atoms with E-state index in [0.717, 1.165) is 44.0 Å². The van der Waals surface area contributed by atoms with Gasteiger partial charge in [-0.2, -0.15) is 0 Å². The average Bonchev–Trinajstić information content (AvgIpc) is 3.08. The molecule has 0 aromatic carbocycles. The molecule has 3 aliphatic rings. The van der Waals surface area contributed by atoms with Crippen molar-refractivity contribution in [2.45, 2.75) is 43.6 Å². The summed E-state index contributed by atoms with van der Waals surface area (Å²) >= 11 is 6.56. The van der Waals surface area contributed by atoms with Crippen LogP contribution in [-0.4, -0.2) is 67.5 Å². The number of alkyl halides is 1. The molecule has 1 aromatic rings. The van der Waals surface area contributed by atoms with E-state index in [0.29, 0.717) is 31.5 Å². The fraction of sp³-hybridized carbons (Fsp3) is 0.625. The Balaban J connectivity index is 1.39. The number of amides is 1. The smallest absolute Gasteiger partial charge is 0.232 e. The van der Waals surface area contributed by atoms with E-state index in [-0.39, 0.29) is 28.7 Å². The Kier molecular flexibility index (Phi) is 8.01. The highest BCUT2D eigenvalue weighted by molar-refractivity contribution is 6.29. The molecule has 0 spiro atoms. The van der Waals surface area contributed by atoms with Gasteiger partial charge in [-0.05, 0) is 50.8 Å². The molecule has 4 atom stereocenters. The molecule has 33 heavy (non-hydrogen) atoms. The maximum absolute atomic E-state index is 12.7. The van der Waals surface area contributed by atoms with E-state index in [4.69, 9.17) is 26.1 Å². The molecule has 180 valence electrons. The first-order chi connectivity index (χ1) is 15.9. The summed E-state index contributed by atoms with van der Waals surface area (Å²) in [4.78, 5) is 21.8. The Morgan fingerprint density at radius 1 is 1.33 bits per heavy atom. The number of nitrogens with one attached hydrogen (secondary N) is 3. The highest BCUT2D eigenvalue weighted by Gasteiger charge is 2.29. The Hall–Kier alpha value is -2.00. The van der Waals surface area contributed by atoms with Crippen molar-refractivity contribution >= 4 is 29.5 Å². The molecule has 3 aliphatic heterocycles. The molecule has 4 unspecified atom stereocenters. The number of carbonyl (C=O) groups excluding carboxylic acids is 1. The predicted molar refractivity (Wildman–Crippen MR) is 130 cm³/mol. The van der Waals surface area contributed by atoms with Crippen molar-refractivity contribution in [2.24, 2.45) is 16.8 Å². The van der Waals surface area contributed by atoms with Gasteiger partial charge in [-0.1, -0.05) is 6.07 Å². The number of anilines is 1. The second-order valence-corrected chi connectivity index (χ2v) is 10.1. The zero-order valence-electron chi connectivity index (χ0n) is 19.4. The summed E-state index contributed by atoms with van der Waals surface area (Å²) in [5.74, 6) is 1.32. The fourth-order valence-corrected chi connectivity index (χ4v) is 4.75. The van der Waals surface area contributed by atoms with Crippen LogP contribution in [0, 0.1) is 11.8 Å². The number of allylic oxidation sites excluding steroid dienone is 1. The van der Waals surface area contributed by atoms with Gasteiger partial charge in [0.05, 0.1) is 35.8 Å². The lowest BCUT2D eigenvalue weighted by Crippen LogP contribution is -2.38. The molecule has 9 heteroatoms. The fourth-order valence-electron chi connectivity index (χ4n) is 4.49. The van der Waals surface area contributed by atoms with Gasteiger partial charge in [-0.3, -0.25) is 4.79 Å². The monoisotopic (exact) mass is 475 g/mol. The van der Waals surface area contributed by atoms with Crippen LogP contribution in [0.1, 0.15) is 38.3 Å². The van der Waals surface area contributed by atoms with Gasteiger partial charge in [0.25, 0.3) is 0 Å². The van der Waals surface area contributed by atoms with Crippen LogP contribution in [0.4, 0.5) is 5.82 Å². The summed E-state index contributed by atoms with van der Waals surface area (Å²) in [6.07, 6.45) is 5.62. The number of ether oxygens (including phenoxy) is 2. The van der Waals surface area contributed by atoms with Gasteiger partial charge in [0.2, 0.25) is 5.91 Å². The normalized spacial score (nSPS) is 29.6. The minimum atomic E-state index is -0.340. The third kappa shape index (κ3) is 6.76. The molecule has 0 saturated carbocycles. The molecule has 1 amide bonds. The van der Waals surface area contributed by atoms with Crippen molar-refractivity contribution in [2.75, 3.05) is 44.8 Å². The maximum atomic E-state index is 12.7. The zero-order valence-corrected chi connectivity index (χ0v) is 20.1. The van der Waals surface area contributed by atoms with E-state index in [1.54, 1.807) is 6.21 Å². The van der Waals surface area contributed by atoms with Crippen molar-refractivity contribution in [3.63, 3.8) is 0 Å². The molecule has 8 nitrogen and oxygen atoms in total. The van der Waals surface area contributed by atoms with Gasteiger partial charge in [0, 0.05) is 38.4 Å². The van der Waals surface area contributed by atoms with Crippen LogP contribution in [0.2, 0.25) is 0 Å². The Morgan fingerprint density at radius 2 is 2.21 bits per heavy atom. The van der Waals surface area contributed by atoms with E-state index in [2.05, 4.69) is 34.8 Å². The Morgan fingerprint density at radius 3 is 3.06 bits per heavy atom. The first-order valence-corrected chi connectivity index (χ1v) is 12.2. The highest BCUT2D eigenvalue weighted by atomic mass is 35.5. The summed E-state index contributed by atoms with van der Waals surface area (Å²) in [5, 5.41) is 9.28. The molecule has 0 aliphatic carbocycles. The molecule has 2 fully saturated rings. The van der Waals surface area contributed by atoms with Gasteiger partial charge >= 0.3 is 0 Å². The third-order valence-electron chi connectivity index (χ3n) is 6.27. The number of aliphatic imine (C=N–C) groups is 1. The summed E-state index contributed by atoms with van der Waals surface area (Å²) in [6, 6.07) is 5.91. The minimum absolute atomic E-state index is 0.0717. The lowest BCUT2D eigenvalue weighted by Gasteiger charge is -2.35. The van der Waals surface area contributed by atoms with Gasteiger partial charge in [-0.15, -0.1) is 11.6 Å². The number of hydrogen-bond donors (Lipinski definition) is 3. The van der Waals surface area contributed by atoms with Crippen LogP contribution >= 0.6 is 11.6 Å². The van der Waals surface area contributed by atoms with Gasteiger partial charge in [-0.25, -0.2) is 9.98 Å². The number of aromatic nitrogens is 1. The molecular formula is C24H34ClN5O3. The Bertz CT molecular complexity index is 883. The molecule has 2 saturated heterocycles. The van der Waals surface area contributed by atoms with Gasteiger partial charge in [0.15, 0.2) is 0 Å². The maximum Gasteiger partial charge on any atom is 0.232 e. The summed E-state index contributed by atoms with van der Waals surface area (Å²) in [5.41, 5.74) is 0.766. The van der Waals surface area contributed by atoms with E-state index >= 15 is 0 Å². The molecule has 0 bridgehead atoms. The second kappa shape index (κ2) is 11.0. The molecule has 4 rings (SSSR count). The summed E-state index contributed by atoms with van der Waals surface area (Å²) in [6.45, 7) is 8.29. The molecule has 3 N–H and O–H groups in total. The summed E-state index contributed by atoms with van der Waals surface area (Å²) in [7, 11) is 0. The largest absolute Gasteiger partial charge is 0.379 e. The number of hydrogen-bond acceptors (Lipinski definition) is 7. The number of halogens is 1. The summed E-state index contributed by atoms with van der Waals surface area (Å²) < 4.78 is 11.3. The van der Waals surface area contributed by atoms with E-state index < -0.39 is 0 Å². The van der Waals surface area contributed by atoms with Crippen molar-refractivity contribution in [1.82, 2.24) is 15.6 Å². The minimum Gasteiger partial charge on any atom is -0.379 e. The number of rotatable bonds is 6. The van der Waals surface area contributed by atoms with Crippen molar-refractivity contribution in [3.8, 4) is 0 Å².